The minimum Gasteiger partial charge on any atom is -0.491 e. The molecule has 0 bridgehead atoms. The first kappa shape index (κ1) is 13.7. The molecular formula is C16H21NO2. The third kappa shape index (κ3) is 4.45. The Hall–Kier alpha value is -1.74. The Kier molecular flexibility index (Phi) is 4.63. The lowest BCUT2D eigenvalue weighted by atomic mass is 10.2. The van der Waals surface area contributed by atoms with E-state index < -0.39 is 0 Å². The van der Waals surface area contributed by atoms with Gasteiger partial charge in [-0.2, -0.15) is 0 Å². The Morgan fingerprint density at radius 3 is 2.68 bits per heavy atom. The Bertz CT molecular complexity index is 517. The van der Waals surface area contributed by atoms with Gasteiger partial charge in [-0.05, 0) is 50.6 Å². The van der Waals surface area contributed by atoms with E-state index in [-0.39, 0.29) is 6.10 Å². The van der Waals surface area contributed by atoms with Crippen LogP contribution in [-0.4, -0.2) is 6.10 Å². The standard InChI is InChI=1S/C16H21NO2/c1-12(2)18-15-6-4-5-14(9-15)10-17-11-16-8-7-13(3)19-16/h4-9,12,17H,10-11H2,1-3H3. The van der Waals surface area contributed by atoms with Crippen molar-refractivity contribution in [3.8, 4) is 5.75 Å². The number of hydrogen-bond acceptors (Lipinski definition) is 3. The number of aryl methyl sites for hydroxylation is 1. The number of ether oxygens (including phenoxy) is 1. The van der Waals surface area contributed by atoms with Crippen molar-refractivity contribution in [2.24, 2.45) is 0 Å². The fraction of sp³-hybridized carbons (Fsp3) is 0.375. The van der Waals surface area contributed by atoms with Crippen LogP contribution >= 0.6 is 0 Å². The highest BCUT2D eigenvalue weighted by atomic mass is 16.5. The molecule has 3 nitrogen and oxygen atoms in total. The number of hydrogen-bond donors (Lipinski definition) is 1. The van der Waals surface area contributed by atoms with Crippen molar-refractivity contribution < 1.29 is 9.15 Å². The van der Waals surface area contributed by atoms with Gasteiger partial charge in [-0.25, -0.2) is 0 Å². The summed E-state index contributed by atoms with van der Waals surface area (Å²) in [6.07, 6.45) is 0.203. The number of furan rings is 1. The van der Waals surface area contributed by atoms with Gasteiger partial charge in [-0.1, -0.05) is 12.1 Å². The molecule has 0 atom stereocenters. The molecular weight excluding hydrogens is 238 g/mol. The smallest absolute Gasteiger partial charge is 0.120 e. The van der Waals surface area contributed by atoms with Crippen LogP contribution in [0.2, 0.25) is 0 Å². The molecule has 0 spiro atoms. The van der Waals surface area contributed by atoms with Crippen LogP contribution in [0.4, 0.5) is 0 Å². The first-order valence-electron chi connectivity index (χ1n) is 6.65. The SMILES string of the molecule is Cc1ccc(CNCc2cccc(OC(C)C)c2)o1. The average molecular weight is 259 g/mol. The average Bonchev–Trinajstić information content (AvgIpc) is 2.75. The second kappa shape index (κ2) is 6.43. The van der Waals surface area contributed by atoms with Crippen LogP contribution in [0, 0.1) is 6.92 Å². The number of nitrogens with one attached hydrogen (secondary N) is 1. The first-order valence-corrected chi connectivity index (χ1v) is 6.65. The van der Waals surface area contributed by atoms with Crippen LogP contribution in [-0.2, 0) is 13.1 Å². The lowest BCUT2D eigenvalue weighted by Crippen LogP contribution is -2.12. The molecule has 102 valence electrons. The highest BCUT2D eigenvalue weighted by Crippen LogP contribution is 2.15. The van der Waals surface area contributed by atoms with Gasteiger partial charge in [0.15, 0.2) is 0 Å². The van der Waals surface area contributed by atoms with Crippen LogP contribution in [0.15, 0.2) is 40.8 Å². The van der Waals surface area contributed by atoms with E-state index in [0.29, 0.717) is 0 Å². The normalized spacial score (nSPS) is 10.9. The molecule has 0 amide bonds. The van der Waals surface area contributed by atoms with E-state index in [1.54, 1.807) is 0 Å². The molecule has 0 aliphatic carbocycles. The van der Waals surface area contributed by atoms with Crippen molar-refractivity contribution in [2.75, 3.05) is 0 Å². The summed E-state index contributed by atoms with van der Waals surface area (Å²) in [5.41, 5.74) is 1.21. The summed E-state index contributed by atoms with van der Waals surface area (Å²) in [6.45, 7) is 7.56. The highest BCUT2D eigenvalue weighted by Gasteiger charge is 2.01. The van der Waals surface area contributed by atoms with Crippen molar-refractivity contribution in [3.05, 3.63) is 53.5 Å². The molecule has 0 radical (unpaired) electrons. The molecule has 2 aromatic rings. The van der Waals surface area contributed by atoms with Crippen molar-refractivity contribution in [1.29, 1.82) is 0 Å². The van der Waals surface area contributed by atoms with Crippen molar-refractivity contribution in [2.45, 2.75) is 40.0 Å². The molecule has 1 aromatic heterocycles. The van der Waals surface area contributed by atoms with Crippen LogP contribution in [0.5, 0.6) is 5.75 Å². The fourth-order valence-corrected chi connectivity index (χ4v) is 1.91. The third-order valence-electron chi connectivity index (χ3n) is 2.69. The van der Waals surface area contributed by atoms with Gasteiger partial charge in [-0.15, -0.1) is 0 Å². The van der Waals surface area contributed by atoms with E-state index in [9.17, 15) is 0 Å². The van der Waals surface area contributed by atoms with Gasteiger partial charge >= 0.3 is 0 Å². The Labute approximate surface area is 114 Å². The summed E-state index contributed by atoms with van der Waals surface area (Å²) in [4.78, 5) is 0. The quantitative estimate of drug-likeness (QED) is 0.859. The lowest BCUT2D eigenvalue weighted by Gasteiger charge is -2.11. The van der Waals surface area contributed by atoms with E-state index in [4.69, 9.17) is 9.15 Å². The van der Waals surface area contributed by atoms with E-state index in [2.05, 4.69) is 17.4 Å². The monoisotopic (exact) mass is 259 g/mol. The Morgan fingerprint density at radius 1 is 1.16 bits per heavy atom. The largest absolute Gasteiger partial charge is 0.491 e. The van der Waals surface area contributed by atoms with Gasteiger partial charge in [0.05, 0.1) is 12.6 Å². The Morgan fingerprint density at radius 2 is 2.00 bits per heavy atom. The highest BCUT2D eigenvalue weighted by molar-refractivity contribution is 5.28. The number of rotatable bonds is 6. The van der Waals surface area contributed by atoms with Crippen LogP contribution < -0.4 is 10.1 Å². The van der Waals surface area contributed by atoms with Gasteiger partial charge in [0.1, 0.15) is 17.3 Å². The molecule has 1 heterocycles. The molecule has 1 aromatic carbocycles. The second-order valence-electron chi connectivity index (χ2n) is 4.93. The molecule has 0 fully saturated rings. The maximum Gasteiger partial charge on any atom is 0.120 e. The van der Waals surface area contributed by atoms with Gasteiger partial charge in [-0.3, -0.25) is 0 Å². The van der Waals surface area contributed by atoms with Gasteiger partial charge in [0.2, 0.25) is 0 Å². The minimum atomic E-state index is 0.203. The zero-order valence-corrected chi connectivity index (χ0v) is 11.8. The zero-order chi connectivity index (χ0) is 13.7. The molecule has 0 saturated heterocycles. The summed E-state index contributed by atoms with van der Waals surface area (Å²) in [6, 6.07) is 12.1. The van der Waals surface area contributed by atoms with Crippen molar-refractivity contribution in [1.82, 2.24) is 5.32 Å². The van der Waals surface area contributed by atoms with Crippen molar-refractivity contribution >= 4 is 0 Å². The summed E-state index contributed by atoms with van der Waals surface area (Å²) in [7, 11) is 0. The zero-order valence-electron chi connectivity index (χ0n) is 11.8. The predicted molar refractivity (Wildman–Crippen MR) is 76.2 cm³/mol. The second-order valence-corrected chi connectivity index (χ2v) is 4.93. The molecule has 0 saturated carbocycles. The summed E-state index contributed by atoms with van der Waals surface area (Å²) < 4.78 is 11.2. The molecule has 0 aliphatic heterocycles. The first-order chi connectivity index (χ1) is 9.13. The molecule has 0 aliphatic rings. The maximum absolute atomic E-state index is 5.68. The Balaban J connectivity index is 1.85. The lowest BCUT2D eigenvalue weighted by molar-refractivity contribution is 0.242. The topological polar surface area (TPSA) is 34.4 Å². The summed E-state index contributed by atoms with van der Waals surface area (Å²) in [5.74, 6) is 2.83. The fourth-order valence-electron chi connectivity index (χ4n) is 1.91. The molecule has 19 heavy (non-hydrogen) atoms. The minimum absolute atomic E-state index is 0.203. The van der Waals surface area contributed by atoms with Crippen molar-refractivity contribution in [3.63, 3.8) is 0 Å². The van der Waals surface area contributed by atoms with Crippen LogP contribution in [0.3, 0.4) is 0 Å². The summed E-state index contributed by atoms with van der Waals surface area (Å²) in [5, 5.41) is 3.36. The third-order valence-corrected chi connectivity index (χ3v) is 2.69. The molecule has 1 N–H and O–H groups in total. The van der Waals surface area contributed by atoms with Gasteiger partial charge in [0, 0.05) is 6.54 Å². The van der Waals surface area contributed by atoms with Gasteiger partial charge in [0.25, 0.3) is 0 Å². The molecule has 0 unspecified atom stereocenters. The summed E-state index contributed by atoms with van der Waals surface area (Å²) >= 11 is 0. The predicted octanol–water partition coefficient (Wildman–Crippen LogP) is 3.67. The number of benzene rings is 1. The molecule has 2 rings (SSSR count). The maximum atomic E-state index is 5.68. The van der Waals surface area contributed by atoms with Crippen LogP contribution in [0.25, 0.3) is 0 Å². The van der Waals surface area contributed by atoms with E-state index >= 15 is 0 Å². The van der Waals surface area contributed by atoms with Crippen LogP contribution in [0.1, 0.15) is 30.9 Å². The van der Waals surface area contributed by atoms with E-state index in [1.807, 2.05) is 45.0 Å². The van der Waals surface area contributed by atoms with E-state index in [1.165, 1.54) is 5.56 Å². The van der Waals surface area contributed by atoms with Gasteiger partial charge < -0.3 is 14.5 Å². The molecule has 3 heteroatoms. The van der Waals surface area contributed by atoms with E-state index in [0.717, 1.165) is 30.4 Å².